The molecule has 1 aromatic heterocycles. The molecule has 1 fully saturated rings. The molecule has 6 heteroatoms. The lowest BCUT2D eigenvalue weighted by atomic mass is 9.82. The molecule has 1 aromatic rings. The third kappa shape index (κ3) is 2.90. The van der Waals surface area contributed by atoms with Crippen molar-refractivity contribution < 1.29 is 5.11 Å². The van der Waals surface area contributed by atoms with Crippen molar-refractivity contribution in [3.8, 4) is 0 Å². The molecule has 0 spiro atoms. The van der Waals surface area contributed by atoms with Crippen LogP contribution in [0, 0.1) is 5.41 Å². The third-order valence-corrected chi connectivity index (χ3v) is 4.07. The van der Waals surface area contributed by atoms with Crippen molar-refractivity contribution in [1.82, 2.24) is 15.2 Å². The maximum atomic E-state index is 9.37. The molecule has 0 aliphatic carbocycles. The van der Waals surface area contributed by atoms with Crippen LogP contribution in [-0.2, 0) is 5.41 Å². The first-order valence-electron chi connectivity index (χ1n) is 6.89. The third-order valence-electron chi connectivity index (χ3n) is 4.07. The molecule has 1 unspecified atom stereocenters. The summed E-state index contributed by atoms with van der Waals surface area (Å²) in [6.07, 6.45) is 2.26. The van der Waals surface area contributed by atoms with E-state index in [1.165, 1.54) is 0 Å². The first kappa shape index (κ1) is 14.3. The highest BCUT2D eigenvalue weighted by Gasteiger charge is 2.32. The van der Waals surface area contributed by atoms with Gasteiger partial charge in [0.1, 0.15) is 5.82 Å². The van der Waals surface area contributed by atoms with Gasteiger partial charge in [0.2, 0.25) is 5.95 Å². The van der Waals surface area contributed by atoms with Crippen LogP contribution < -0.4 is 10.6 Å². The Morgan fingerprint density at radius 3 is 2.89 bits per heavy atom. The van der Waals surface area contributed by atoms with Crippen molar-refractivity contribution in [2.45, 2.75) is 39.0 Å². The highest BCUT2D eigenvalue weighted by molar-refractivity contribution is 5.31. The van der Waals surface area contributed by atoms with Crippen molar-refractivity contribution in [2.24, 2.45) is 11.1 Å². The molecule has 1 saturated heterocycles. The molecule has 1 aliphatic rings. The average Bonchev–Trinajstić information content (AvgIpc) is 2.89. The molecule has 1 atom stereocenters. The molecule has 0 saturated carbocycles. The zero-order valence-electron chi connectivity index (χ0n) is 12.1. The van der Waals surface area contributed by atoms with Gasteiger partial charge >= 0.3 is 0 Å². The van der Waals surface area contributed by atoms with Crippen molar-refractivity contribution in [3.05, 3.63) is 5.82 Å². The number of aromatic nitrogens is 3. The molecule has 1 aliphatic heterocycles. The van der Waals surface area contributed by atoms with E-state index >= 15 is 0 Å². The maximum absolute atomic E-state index is 9.37. The second-order valence-corrected chi connectivity index (χ2v) is 6.57. The number of aromatic amines is 1. The quantitative estimate of drug-likeness (QED) is 0.744. The predicted molar refractivity (Wildman–Crippen MR) is 75.1 cm³/mol. The van der Waals surface area contributed by atoms with E-state index in [4.69, 9.17) is 5.73 Å². The van der Waals surface area contributed by atoms with Crippen molar-refractivity contribution in [1.29, 1.82) is 0 Å². The van der Waals surface area contributed by atoms with Crippen LogP contribution >= 0.6 is 0 Å². The minimum Gasteiger partial charge on any atom is -0.395 e. The van der Waals surface area contributed by atoms with E-state index in [1.54, 1.807) is 0 Å². The number of hydrogen-bond donors (Lipinski definition) is 3. The van der Waals surface area contributed by atoms with E-state index in [2.05, 4.69) is 27.0 Å². The molecule has 2 rings (SSSR count). The Hall–Kier alpha value is -1.14. The summed E-state index contributed by atoms with van der Waals surface area (Å²) < 4.78 is 0. The van der Waals surface area contributed by atoms with Crippen molar-refractivity contribution in [3.63, 3.8) is 0 Å². The number of anilines is 1. The van der Waals surface area contributed by atoms with Crippen molar-refractivity contribution in [2.75, 3.05) is 31.1 Å². The van der Waals surface area contributed by atoms with E-state index in [-0.39, 0.29) is 12.0 Å². The van der Waals surface area contributed by atoms with E-state index in [1.807, 2.05) is 13.8 Å². The summed E-state index contributed by atoms with van der Waals surface area (Å²) in [4.78, 5) is 6.72. The van der Waals surface area contributed by atoms with Gasteiger partial charge in [-0.25, -0.2) is 0 Å². The normalized spacial score (nSPS) is 24.8. The average molecular weight is 267 g/mol. The second kappa shape index (κ2) is 5.09. The fraction of sp³-hybridized carbons (Fsp3) is 0.846. The van der Waals surface area contributed by atoms with E-state index in [0.717, 1.165) is 37.7 Å². The van der Waals surface area contributed by atoms with Crippen LogP contribution in [0.2, 0.25) is 0 Å². The smallest absolute Gasteiger partial charge is 0.244 e. The topological polar surface area (TPSA) is 91.1 Å². The van der Waals surface area contributed by atoms with Gasteiger partial charge in [0.25, 0.3) is 0 Å². The molecule has 0 radical (unpaired) electrons. The molecular formula is C13H25N5O. The van der Waals surface area contributed by atoms with Crippen LogP contribution in [0.15, 0.2) is 0 Å². The lowest BCUT2D eigenvalue weighted by molar-refractivity contribution is 0.212. The minimum absolute atomic E-state index is 0.0438. The van der Waals surface area contributed by atoms with Crippen LogP contribution in [0.1, 0.15) is 39.4 Å². The first-order valence-corrected chi connectivity index (χ1v) is 6.89. The van der Waals surface area contributed by atoms with E-state index < -0.39 is 5.41 Å². The SMILES string of the molecule is CC1(CN)CCCN(c2n[nH]c(C(C)(C)CO)n2)C1. The van der Waals surface area contributed by atoms with Gasteiger partial charge in [0.05, 0.1) is 6.61 Å². The number of nitrogens with one attached hydrogen (secondary N) is 1. The molecule has 0 bridgehead atoms. The van der Waals surface area contributed by atoms with Gasteiger partial charge in [-0.05, 0) is 24.8 Å². The second-order valence-electron chi connectivity index (χ2n) is 6.57. The highest BCUT2D eigenvalue weighted by Crippen LogP contribution is 2.30. The van der Waals surface area contributed by atoms with Gasteiger partial charge in [-0.1, -0.05) is 20.8 Å². The highest BCUT2D eigenvalue weighted by atomic mass is 16.3. The Labute approximate surface area is 114 Å². The zero-order chi connectivity index (χ0) is 14.1. The van der Waals surface area contributed by atoms with Gasteiger partial charge < -0.3 is 15.7 Å². The Morgan fingerprint density at radius 2 is 2.26 bits per heavy atom. The molecule has 0 amide bonds. The lowest BCUT2D eigenvalue weighted by Gasteiger charge is -2.39. The first-order chi connectivity index (χ1) is 8.90. The lowest BCUT2D eigenvalue weighted by Crippen LogP contribution is -2.46. The summed E-state index contributed by atoms with van der Waals surface area (Å²) >= 11 is 0. The summed E-state index contributed by atoms with van der Waals surface area (Å²) in [5.74, 6) is 1.45. The molecular weight excluding hydrogens is 242 g/mol. The number of aliphatic hydroxyl groups excluding tert-OH is 1. The number of aliphatic hydroxyl groups is 1. The molecule has 6 nitrogen and oxygen atoms in total. The fourth-order valence-corrected chi connectivity index (χ4v) is 2.42. The van der Waals surface area contributed by atoms with Gasteiger partial charge in [-0.2, -0.15) is 4.98 Å². The van der Waals surface area contributed by atoms with Crippen LogP contribution in [0.3, 0.4) is 0 Å². The number of nitrogens with zero attached hydrogens (tertiary/aromatic N) is 3. The van der Waals surface area contributed by atoms with Crippen molar-refractivity contribution >= 4 is 5.95 Å². The zero-order valence-corrected chi connectivity index (χ0v) is 12.1. The van der Waals surface area contributed by atoms with Gasteiger partial charge in [0.15, 0.2) is 0 Å². The number of nitrogens with two attached hydrogens (primary N) is 1. The molecule has 4 N–H and O–H groups in total. The van der Waals surface area contributed by atoms with E-state index in [9.17, 15) is 5.11 Å². The van der Waals surface area contributed by atoms with Gasteiger partial charge in [-0.15, -0.1) is 5.10 Å². The fourth-order valence-electron chi connectivity index (χ4n) is 2.42. The Balaban J connectivity index is 2.15. The summed E-state index contributed by atoms with van der Waals surface area (Å²) in [6, 6.07) is 0. The van der Waals surface area contributed by atoms with E-state index in [0.29, 0.717) is 6.54 Å². The number of hydrogen-bond acceptors (Lipinski definition) is 5. The van der Waals surface area contributed by atoms with Crippen LogP contribution in [0.4, 0.5) is 5.95 Å². The van der Waals surface area contributed by atoms with Crippen LogP contribution in [0.5, 0.6) is 0 Å². The largest absolute Gasteiger partial charge is 0.395 e. The molecule has 19 heavy (non-hydrogen) atoms. The summed E-state index contributed by atoms with van der Waals surface area (Å²) in [5, 5.41) is 16.6. The Kier molecular flexibility index (Phi) is 3.82. The maximum Gasteiger partial charge on any atom is 0.244 e. The molecule has 2 heterocycles. The molecule has 108 valence electrons. The molecule has 0 aromatic carbocycles. The number of H-pyrrole nitrogens is 1. The Bertz CT molecular complexity index is 430. The summed E-state index contributed by atoms with van der Waals surface area (Å²) in [6.45, 7) is 8.68. The predicted octanol–water partition coefficient (Wildman–Crippen LogP) is 0.640. The summed E-state index contributed by atoms with van der Waals surface area (Å²) in [5.41, 5.74) is 5.62. The minimum atomic E-state index is -0.391. The standard InChI is InChI=1S/C13H25N5O/c1-12(2,9-19)10-15-11(17-16-10)18-6-4-5-13(3,7-14)8-18/h19H,4-9,14H2,1-3H3,(H,15,16,17). The monoisotopic (exact) mass is 267 g/mol. The Morgan fingerprint density at radius 1 is 1.53 bits per heavy atom. The number of piperidine rings is 1. The van der Waals surface area contributed by atoms with Crippen LogP contribution in [0.25, 0.3) is 0 Å². The number of rotatable bonds is 4. The summed E-state index contributed by atoms with van der Waals surface area (Å²) in [7, 11) is 0. The van der Waals surface area contributed by atoms with Gasteiger partial charge in [-0.3, -0.25) is 5.10 Å². The van der Waals surface area contributed by atoms with Crippen LogP contribution in [-0.4, -0.2) is 46.5 Å². The van der Waals surface area contributed by atoms with Gasteiger partial charge in [0, 0.05) is 18.5 Å².